The summed E-state index contributed by atoms with van der Waals surface area (Å²) in [6.45, 7) is 4.44. The number of unbranched alkanes of at least 4 members (excludes halogenated alkanes) is 1. The van der Waals surface area contributed by atoms with Crippen LogP contribution in [-0.2, 0) is 11.3 Å². The second-order valence-electron chi connectivity index (χ2n) is 9.30. The van der Waals surface area contributed by atoms with E-state index in [2.05, 4.69) is 31.3 Å². The molecule has 0 radical (unpaired) electrons. The lowest BCUT2D eigenvalue weighted by Gasteiger charge is -2.42. The number of likely N-dealkylation sites (N-methyl/N-ethyl adjacent to an activating group) is 1. The molecular formula is C26H41N3O5S. The molecule has 2 atom stereocenters. The Bertz CT molecular complexity index is 988. The van der Waals surface area contributed by atoms with Crippen LogP contribution in [0.5, 0.6) is 5.75 Å². The van der Waals surface area contributed by atoms with Gasteiger partial charge in [0.2, 0.25) is 0 Å². The SMILES string of the molecule is CCCC[C@]1(CC)CS(O)(O)c2cc(CN(C)CC(=O)O)c(OC)cc2[C@@H](c2ccccc2)N1.N. The summed E-state index contributed by atoms with van der Waals surface area (Å²) in [4.78, 5) is 13.3. The maximum absolute atomic E-state index is 11.6. The van der Waals surface area contributed by atoms with Crippen LogP contribution in [0.4, 0.5) is 0 Å². The van der Waals surface area contributed by atoms with Crippen molar-refractivity contribution in [3.63, 3.8) is 0 Å². The minimum absolute atomic E-state index is 0. The van der Waals surface area contributed by atoms with Crippen molar-refractivity contribution < 1.29 is 23.7 Å². The summed E-state index contributed by atoms with van der Waals surface area (Å²) in [6, 6.07) is 13.5. The van der Waals surface area contributed by atoms with Crippen LogP contribution in [0.2, 0.25) is 0 Å². The molecule has 1 heterocycles. The maximum Gasteiger partial charge on any atom is 0.317 e. The molecule has 0 saturated heterocycles. The zero-order valence-corrected chi connectivity index (χ0v) is 22.1. The van der Waals surface area contributed by atoms with Gasteiger partial charge in [-0.2, -0.15) is 10.6 Å². The fourth-order valence-corrected chi connectivity index (χ4v) is 7.10. The van der Waals surface area contributed by atoms with Gasteiger partial charge in [-0.1, -0.05) is 57.0 Å². The fraction of sp³-hybridized carbons (Fsp3) is 0.500. The third kappa shape index (κ3) is 6.75. The highest BCUT2D eigenvalue weighted by Gasteiger charge is 2.42. The molecule has 196 valence electrons. The van der Waals surface area contributed by atoms with Gasteiger partial charge in [-0.05, 0) is 37.6 Å². The number of carbonyl (C=O) groups is 1. The average Bonchev–Trinajstić information content (AvgIpc) is 2.89. The van der Waals surface area contributed by atoms with Crippen LogP contribution in [0.15, 0.2) is 47.4 Å². The first kappa shape index (κ1) is 29.1. The largest absolute Gasteiger partial charge is 0.496 e. The zero-order valence-electron chi connectivity index (χ0n) is 21.3. The molecule has 9 heteroatoms. The molecule has 0 aliphatic carbocycles. The van der Waals surface area contributed by atoms with Gasteiger partial charge in [0, 0.05) is 23.2 Å². The number of hydrogen-bond donors (Lipinski definition) is 5. The first-order chi connectivity index (χ1) is 16.1. The predicted octanol–water partition coefficient (Wildman–Crippen LogP) is 5.51. The van der Waals surface area contributed by atoms with Gasteiger partial charge >= 0.3 is 5.97 Å². The molecule has 0 fully saturated rings. The molecule has 2 aromatic carbocycles. The molecule has 2 aromatic rings. The zero-order chi connectivity index (χ0) is 24.9. The Balaban J connectivity index is 0.00000432. The van der Waals surface area contributed by atoms with Crippen molar-refractivity contribution in [2.45, 2.75) is 62.6 Å². The molecule has 0 unspecified atom stereocenters. The second kappa shape index (κ2) is 12.2. The predicted molar refractivity (Wildman–Crippen MR) is 142 cm³/mol. The van der Waals surface area contributed by atoms with Crippen LogP contribution in [0, 0.1) is 0 Å². The number of nitrogens with zero attached hydrogens (tertiary/aromatic N) is 1. The van der Waals surface area contributed by atoms with E-state index < -0.39 is 22.1 Å². The number of nitrogens with one attached hydrogen (secondary N) is 1. The van der Waals surface area contributed by atoms with Crippen LogP contribution in [0.1, 0.15) is 62.3 Å². The smallest absolute Gasteiger partial charge is 0.317 e. The highest BCUT2D eigenvalue weighted by Crippen LogP contribution is 2.58. The van der Waals surface area contributed by atoms with Crippen molar-refractivity contribution in [2.75, 3.05) is 26.5 Å². The molecule has 0 aromatic heterocycles. The summed E-state index contributed by atoms with van der Waals surface area (Å²) in [6.07, 6.45) is 3.63. The normalized spacial score (nSPS) is 22.0. The molecule has 0 saturated carbocycles. The third-order valence-electron chi connectivity index (χ3n) is 6.67. The van der Waals surface area contributed by atoms with E-state index in [-0.39, 0.29) is 24.5 Å². The molecule has 1 aliphatic rings. The lowest BCUT2D eigenvalue weighted by molar-refractivity contribution is -0.138. The number of hydrogen-bond acceptors (Lipinski definition) is 7. The Kier molecular flexibility index (Phi) is 10.1. The van der Waals surface area contributed by atoms with Crippen LogP contribution in [0.25, 0.3) is 0 Å². The number of carboxylic acids is 1. The second-order valence-corrected chi connectivity index (χ2v) is 11.4. The Morgan fingerprint density at radius 1 is 1.23 bits per heavy atom. The van der Waals surface area contributed by atoms with Gasteiger partial charge in [0.15, 0.2) is 0 Å². The summed E-state index contributed by atoms with van der Waals surface area (Å²) < 4.78 is 28.8. The highest BCUT2D eigenvalue weighted by atomic mass is 32.3. The summed E-state index contributed by atoms with van der Waals surface area (Å²) in [5, 5.41) is 13.0. The molecule has 0 spiro atoms. The van der Waals surface area contributed by atoms with Crippen molar-refractivity contribution >= 4 is 16.6 Å². The number of rotatable bonds is 10. The Labute approximate surface area is 210 Å². The van der Waals surface area contributed by atoms with E-state index in [1.165, 1.54) is 0 Å². The topological polar surface area (TPSA) is 137 Å². The highest BCUT2D eigenvalue weighted by molar-refractivity contribution is 8.24. The van der Waals surface area contributed by atoms with E-state index in [0.717, 1.165) is 42.4 Å². The molecule has 7 N–H and O–H groups in total. The van der Waals surface area contributed by atoms with E-state index in [4.69, 9.17) is 9.84 Å². The molecule has 8 nitrogen and oxygen atoms in total. The van der Waals surface area contributed by atoms with Crippen molar-refractivity contribution in [3.05, 3.63) is 59.2 Å². The van der Waals surface area contributed by atoms with E-state index in [1.54, 1.807) is 19.1 Å². The number of ether oxygens (including phenoxy) is 1. The number of benzene rings is 2. The van der Waals surface area contributed by atoms with Gasteiger partial charge in [0.1, 0.15) is 5.75 Å². The minimum atomic E-state index is -3.13. The molecule has 35 heavy (non-hydrogen) atoms. The van der Waals surface area contributed by atoms with Crippen molar-refractivity contribution in [1.29, 1.82) is 0 Å². The molecule has 0 bridgehead atoms. The summed E-state index contributed by atoms with van der Waals surface area (Å²) in [5.41, 5.74) is 2.14. The number of fused-ring (bicyclic) bond motifs is 1. The maximum atomic E-state index is 11.6. The van der Waals surface area contributed by atoms with Gasteiger partial charge in [-0.3, -0.25) is 24.1 Å². The van der Waals surface area contributed by atoms with Crippen LogP contribution < -0.4 is 16.2 Å². The van der Waals surface area contributed by atoms with E-state index in [9.17, 15) is 13.9 Å². The van der Waals surface area contributed by atoms with Crippen molar-refractivity contribution in [1.82, 2.24) is 16.4 Å². The standard InChI is InChI=1S/C26H38N2O5S.H3N/c1-5-7-13-26(6-2)18-34(31,32)23-14-20(16-28(3)17-24(29)30)22(33-4)15-21(23)25(27-26)19-11-9-8-10-12-19;/h8-12,14-15,25,27,31-32H,5-7,13,16-18H2,1-4H3,(H,29,30);1H3/t25-,26-;/m1./s1. The average molecular weight is 508 g/mol. The number of carboxylic acid groups (broad SMARTS) is 1. The van der Waals surface area contributed by atoms with Gasteiger partial charge in [0.05, 0.1) is 30.3 Å². The molecule has 1 aliphatic heterocycles. The summed E-state index contributed by atoms with van der Waals surface area (Å²) in [5.74, 6) is -0.0761. The Morgan fingerprint density at radius 2 is 1.91 bits per heavy atom. The number of aliphatic carboxylic acids is 1. The van der Waals surface area contributed by atoms with Crippen LogP contribution >= 0.6 is 10.6 Å². The van der Waals surface area contributed by atoms with Gasteiger partial charge in [-0.25, -0.2) is 0 Å². The first-order valence-corrected chi connectivity index (χ1v) is 13.6. The van der Waals surface area contributed by atoms with E-state index in [1.807, 2.05) is 30.3 Å². The number of methoxy groups -OCH3 is 1. The monoisotopic (exact) mass is 507 g/mol. The van der Waals surface area contributed by atoms with Crippen LogP contribution in [0.3, 0.4) is 0 Å². The minimum Gasteiger partial charge on any atom is -0.496 e. The van der Waals surface area contributed by atoms with E-state index in [0.29, 0.717) is 17.2 Å². The fourth-order valence-electron chi connectivity index (χ4n) is 4.86. The van der Waals surface area contributed by atoms with Crippen LogP contribution in [-0.4, -0.2) is 57.1 Å². The molecule has 3 rings (SSSR count). The Morgan fingerprint density at radius 3 is 2.49 bits per heavy atom. The quantitative estimate of drug-likeness (QED) is 0.284. The molecular weight excluding hydrogens is 466 g/mol. The van der Waals surface area contributed by atoms with Crippen molar-refractivity contribution in [2.24, 2.45) is 0 Å². The third-order valence-corrected chi connectivity index (χ3v) is 8.68. The van der Waals surface area contributed by atoms with Gasteiger partial charge in [-0.15, -0.1) is 0 Å². The van der Waals surface area contributed by atoms with E-state index >= 15 is 0 Å². The molecule has 0 amide bonds. The summed E-state index contributed by atoms with van der Waals surface area (Å²) in [7, 11) is 0.175. The lowest BCUT2D eigenvalue weighted by Crippen LogP contribution is -2.49. The van der Waals surface area contributed by atoms with Crippen molar-refractivity contribution in [3.8, 4) is 5.75 Å². The summed E-state index contributed by atoms with van der Waals surface area (Å²) >= 11 is 0. The van der Waals surface area contributed by atoms with Gasteiger partial charge < -0.3 is 16.0 Å². The van der Waals surface area contributed by atoms with Gasteiger partial charge in [0.25, 0.3) is 0 Å². The first-order valence-electron chi connectivity index (χ1n) is 11.8. The Hall–Kier alpha value is -2.14. The lowest BCUT2D eigenvalue weighted by atomic mass is 9.88.